The summed E-state index contributed by atoms with van der Waals surface area (Å²) >= 11 is 1.61. The lowest BCUT2D eigenvalue weighted by atomic mass is 9.89. The lowest BCUT2D eigenvalue weighted by Crippen LogP contribution is -2.31. The van der Waals surface area contributed by atoms with E-state index < -0.39 is 0 Å². The van der Waals surface area contributed by atoms with E-state index in [9.17, 15) is 4.79 Å². The zero-order chi connectivity index (χ0) is 12.4. The molecule has 1 fully saturated rings. The molecule has 1 aliphatic carbocycles. The first-order chi connectivity index (χ1) is 8.84. The molecule has 0 radical (unpaired) electrons. The molecule has 0 unspecified atom stereocenters. The summed E-state index contributed by atoms with van der Waals surface area (Å²) in [5, 5.41) is 5.11. The minimum Gasteiger partial charge on any atom is -0.350 e. The van der Waals surface area contributed by atoms with Crippen molar-refractivity contribution in [1.82, 2.24) is 14.7 Å². The molecule has 2 aromatic rings. The first-order valence-corrected chi connectivity index (χ1v) is 7.40. The van der Waals surface area contributed by atoms with Crippen LogP contribution < -0.4 is 5.32 Å². The van der Waals surface area contributed by atoms with Crippen molar-refractivity contribution in [2.24, 2.45) is 5.92 Å². The number of hydrogen-bond acceptors (Lipinski definition) is 3. The molecule has 18 heavy (non-hydrogen) atoms. The Hall–Kier alpha value is -1.36. The molecule has 0 saturated heterocycles. The van der Waals surface area contributed by atoms with Gasteiger partial charge in [-0.15, -0.1) is 11.3 Å². The molecule has 1 aliphatic rings. The summed E-state index contributed by atoms with van der Waals surface area (Å²) in [5.41, 5.74) is 1.11. The number of amides is 1. The standard InChI is InChI=1S/C13H17N3OS/c17-12(10-4-2-1-3-5-10)15-8-11-9-18-13-14-6-7-16(11)13/h6-7,9-10H,1-5,8H2,(H,15,17). The monoisotopic (exact) mass is 263 g/mol. The molecule has 0 aromatic carbocycles. The predicted molar refractivity (Wildman–Crippen MR) is 71.5 cm³/mol. The van der Waals surface area contributed by atoms with Crippen LogP contribution in [0.1, 0.15) is 37.8 Å². The third kappa shape index (κ3) is 2.27. The summed E-state index contributed by atoms with van der Waals surface area (Å²) in [5.74, 6) is 0.449. The van der Waals surface area contributed by atoms with Gasteiger partial charge in [-0.25, -0.2) is 4.98 Å². The molecule has 0 bridgehead atoms. The molecule has 2 heterocycles. The Morgan fingerprint density at radius 1 is 1.44 bits per heavy atom. The SMILES string of the molecule is O=C(NCc1csc2nccn12)C1CCCCC1. The summed E-state index contributed by atoms with van der Waals surface area (Å²) in [4.78, 5) is 17.2. The van der Waals surface area contributed by atoms with Crippen molar-refractivity contribution in [3.05, 3.63) is 23.5 Å². The minimum absolute atomic E-state index is 0.217. The first-order valence-electron chi connectivity index (χ1n) is 6.52. The fourth-order valence-corrected chi connectivity index (χ4v) is 3.44. The Kier molecular flexibility index (Phi) is 3.32. The number of carbonyl (C=O) groups excluding carboxylic acids is 1. The van der Waals surface area contributed by atoms with Gasteiger partial charge >= 0.3 is 0 Å². The number of carbonyl (C=O) groups is 1. The average Bonchev–Trinajstić information content (AvgIpc) is 3.00. The van der Waals surface area contributed by atoms with Crippen LogP contribution in [0.25, 0.3) is 4.96 Å². The van der Waals surface area contributed by atoms with Crippen LogP contribution >= 0.6 is 11.3 Å². The summed E-state index contributed by atoms with van der Waals surface area (Å²) in [6.45, 7) is 0.603. The topological polar surface area (TPSA) is 46.4 Å². The van der Waals surface area contributed by atoms with Gasteiger partial charge in [0.15, 0.2) is 4.96 Å². The number of fused-ring (bicyclic) bond motifs is 1. The molecule has 3 rings (SSSR count). The second-order valence-corrected chi connectivity index (χ2v) is 5.70. The van der Waals surface area contributed by atoms with Gasteiger partial charge in [-0.05, 0) is 12.8 Å². The van der Waals surface area contributed by atoms with Crippen molar-refractivity contribution in [3.8, 4) is 0 Å². The molecule has 4 nitrogen and oxygen atoms in total. The van der Waals surface area contributed by atoms with Crippen LogP contribution in [-0.2, 0) is 11.3 Å². The van der Waals surface area contributed by atoms with E-state index in [1.54, 1.807) is 17.5 Å². The number of thiazole rings is 1. The maximum absolute atomic E-state index is 12.0. The Morgan fingerprint density at radius 3 is 3.11 bits per heavy atom. The van der Waals surface area contributed by atoms with Gasteiger partial charge in [-0.3, -0.25) is 9.20 Å². The molecule has 1 saturated carbocycles. The van der Waals surface area contributed by atoms with Crippen LogP contribution in [0.15, 0.2) is 17.8 Å². The van der Waals surface area contributed by atoms with E-state index in [0.29, 0.717) is 6.54 Å². The third-order valence-electron chi connectivity index (χ3n) is 3.64. The molecule has 1 amide bonds. The van der Waals surface area contributed by atoms with Crippen molar-refractivity contribution in [2.75, 3.05) is 0 Å². The smallest absolute Gasteiger partial charge is 0.223 e. The van der Waals surface area contributed by atoms with Crippen molar-refractivity contribution >= 4 is 22.2 Å². The van der Waals surface area contributed by atoms with E-state index in [2.05, 4.69) is 15.7 Å². The van der Waals surface area contributed by atoms with Crippen LogP contribution in [0, 0.1) is 5.92 Å². The molecule has 5 heteroatoms. The number of nitrogens with zero attached hydrogens (tertiary/aromatic N) is 2. The highest BCUT2D eigenvalue weighted by Crippen LogP contribution is 2.23. The van der Waals surface area contributed by atoms with Crippen molar-refractivity contribution in [3.63, 3.8) is 0 Å². The largest absolute Gasteiger partial charge is 0.350 e. The summed E-state index contributed by atoms with van der Waals surface area (Å²) in [6.07, 6.45) is 9.51. The van der Waals surface area contributed by atoms with Gasteiger partial charge in [0.25, 0.3) is 0 Å². The van der Waals surface area contributed by atoms with Crippen LogP contribution in [0.3, 0.4) is 0 Å². The maximum Gasteiger partial charge on any atom is 0.223 e. The van der Waals surface area contributed by atoms with Gasteiger partial charge in [-0.2, -0.15) is 0 Å². The first kappa shape index (κ1) is 11.7. The Balaban J connectivity index is 1.60. The van der Waals surface area contributed by atoms with Crippen LogP contribution in [-0.4, -0.2) is 15.3 Å². The second kappa shape index (κ2) is 5.10. The summed E-state index contributed by atoms with van der Waals surface area (Å²) < 4.78 is 2.03. The molecule has 0 aliphatic heterocycles. The van der Waals surface area contributed by atoms with Gasteiger partial charge in [0.2, 0.25) is 5.91 Å². The molecule has 0 atom stereocenters. The lowest BCUT2D eigenvalue weighted by molar-refractivity contribution is -0.126. The fourth-order valence-electron chi connectivity index (χ4n) is 2.59. The molecule has 2 aromatic heterocycles. The molecular formula is C13H17N3OS. The van der Waals surface area contributed by atoms with Crippen LogP contribution in [0.5, 0.6) is 0 Å². The number of nitrogens with one attached hydrogen (secondary N) is 1. The van der Waals surface area contributed by atoms with E-state index in [0.717, 1.165) is 23.5 Å². The van der Waals surface area contributed by atoms with Gasteiger partial charge in [0.1, 0.15) is 0 Å². The zero-order valence-corrected chi connectivity index (χ0v) is 11.1. The summed E-state index contributed by atoms with van der Waals surface area (Å²) in [6, 6.07) is 0. The predicted octanol–water partition coefficient (Wildman–Crippen LogP) is 2.59. The number of aromatic nitrogens is 2. The number of rotatable bonds is 3. The number of imidazole rings is 1. The van der Waals surface area contributed by atoms with Gasteiger partial charge in [0, 0.05) is 23.7 Å². The zero-order valence-electron chi connectivity index (χ0n) is 10.3. The summed E-state index contributed by atoms with van der Waals surface area (Å²) in [7, 11) is 0. The highest BCUT2D eigenvalue weighted by molar-refractivity contribution is 7.15. The maximum atomic E-state index is 12.0. The van der Waals surface area contributed by atoms with E-state index >= 15 is 0 Å². The Morgan fingerprint density at radius 2 is 2.28 bits per heavy atom. The highest BCUT2D eigenvalue weighted by atomic mass is 32.1. The molecular weight excluding hydrogens is 246 g/mol. The Labute approximate surface area is 110 Å². The quantitative estimate of drug-likeness (QED) is 0.925. The minimum atomic E-state index is 0.217. The molecule has 0 spiro atoms. The molecule has 1 N–H and O–H groups in total. The van der Waals surface area contributed by atoms with Crippen molar-refractivity contribution in [2.45, 2.75) is 38.6 Å². The van der Waals surface area contributed by atoms with Gasteiger partial charge in [0.05, 0.1) is 12.2 Å². The van der Waals surface area contributed by atoms with Crippen molar-refractivity contribution in [1.29, 1.82) is 0 Å². The molecule has 96 valence electrons. The average molecular weight is 263 g/mol. The van der Waals surface area contributed by atoms with Crippen molar-refractivity contribution < 1.29 is 4.79 Å². The normalized spacial score (nSPS) is 17.1. The van der Waals surface area contributed by atoms with E-state index in [-0.39, 0.29) is 11.8 Å². The van der Waals surface area contributed by atoms with Crippen LogP contribution in [0.2, 0.25) is 0 Å². The Bertz CT molecular complexity index is 539. The van der Waals surface area contributed by atoms with Gasteiger partial charge in [-0.1, -0.05) is 19.3 Å². The highest BCUT2D eigenvalue weighted by Gasteiger charge is 2.20. The van der Waals surface area contributed by atoms with E-state index in [1.807, 2.05) is 10.6 Å². The van der Waals surface area contributed by atoms with Crippen LogP contribution in [0.4, 0.5) is 0 Å². The number of hydrogen-bond donors (Lipinski definition) is 1. The third-order valence-corrected chi connectivity index (χ3v) is 4.54. The lowest BCUT2D eigenvalue weighted by Gasteiger charge is -2.20. The second-order valence-electron chi connectivity index (χ2n) is 4.86. The van der Waals surface area contributed by atoms with E-state index in [1.165, 1.54) is 19.3 Å². The van der Waals surface area contributed by atoms with Gasteiger partial charge < -0.3 is 5.32 Å². The fraction of sp³-hybridized carbons (Fsp3) is 0.538. The van der Waals surface area contributed by atoms with E-state index in [4.69, 9.17) is 0 Å².